The highest BCUT2D eigenvalue weighted by atomic mass is 16.3. The summed E-state index contributed by atoms with van der Waals surface area (Å²) in [6, 6.07) is 9.58. The molecule has 1 atom stereocenters. The van der Waals surface area contributed by atoms with Gasteiger partial charge in [0.25, 0.3) is 5.91 Å². The van der Waals surface area contributed by atoms with Gasteiger partial charge in [0.2, 0.25) is 0 Å². The van der Waals surface area contributed by atoms with E-state index < -0.39 is 5.60 Å². The van der Waals surface area contributed by atoms with Gasteiger partial charge in [0.15, 0.2) is 0 Å². The lowest BCUT2D eigenvalue weighted by molar-refractivity contribution is 0.0142. The van der Waals surface area contributed by atoms with Gasteiger partial charge in [-0.2, -0.15) is 5.10 Å². The molecule has 1 heterocycles. The summed E-state index contributed by atoms with van der Waals surface area (Å²) < 4.78 is 1.65. The van der Waals surface area contributed by atoms with Crippen LogP contribution in [0.5, 0.6) is 0 Å². The van der Waals surface area contributed by atoms with Gasteiger partial charge in [-0.3, -0.25) is 4.79 Å². The van der Waals surface area contributed by atoms with Crippen molar-refractivity contribution < 1.29 is 9.90 Å². The molecule has 0 radical (unpaired) electrons. The molecule has 0 spiro atoms. The van der Waals surface area contributed by atoms with Crippen molar-refractivity contribution in [3.63, 3.8) is 0 Å². The number of nitrogens with one attached hydrogen (secondary N) is 1. The average molecular weight is 287 g/mol. The molecule has 0 saturated heterocycles. The van der Waals surface area contributed by atoms with Gasteiger partial charge >= 0.3 is 0 Å². The van der Waals surface area contributed by atoms with E-state index in [-0.39, 0.29) is 18.4 Å². The van der Waals surface area contributed by atoms with Crippen molar-refractivity contribution in [2.75, 3.05) is 6.54 Å². The highest BCUT2D eigenvalue weighted by Gasteiger charge is 2.25. The number of amides is 1. The highest BCUT2D eigenvalue weighted by Crippen LogP contribution is 2.15. The molecule has 1 aromatic heterocycles. The first-order chi connectivity index (χ1) is 9.90. The third kappa shape index (κ3) is 3.70. The molecule has 2 aromatic rings. The fourth-order valence-electron chi connectivity index (χ4n) is 1.73. The van der Waals surface area contributed by atoms with Gasteiger partial charge in [-0.15, -0.1) is 0 Å². The van der Waals surface area contributed by atoms with Crippen LogP contribution in [0, 0.1) is 5.92 Å². The summed E-state index contributed by atoms with van der Waals surface area (Å²) in [5.74, 6) is -0.178. The van der Waals surface area contributed by atoms with Gasteiger partial charge in [0, 0.05) is 12.7 Å². The van der Waals surface area contributed by atoms with Crippen LogP contribution in [0.15, 0.2) is 42.7 Å². The topological polar surface area (TPSA) is 67.2 Å². The second-order valence-corrected chi connectivity index (χ2v) is 5.70. The second-order valence-electron chi connectivity index (χ2n) is 5.70. The molecule has 112 valence electrons. The number of hydrogen-bond acceptors (Lipinski definition) is 3. The van der Waals surface area contributed by atoms with Crippen molar-refractivity contribution in [1.29, 1.82) is 0 Å². The number of carbonyl (C=O) groups excluding carboxylic acids is 1. The Labute approximate surface area is 124 Å². The van der Waals surface area contributed by atoms with E-state index in [1.807, 2.05) is 44.2 Å². The predicted octanol–water partition coefficient (Wildman–Crippen LogP) is 2.01. The van der Waals surface area contributed by atoms with Gasteiger partial charge in [0.1, 0.15) is 0 Å². The molecule has 21 heavy (non-hydrogen) atoms. The van der Waals surface area contributed by atoms with E-state index in [1.54, 1.807) is 17.8 Å². The second kappa shape index (κ2) is 6.10. The molecule has 0 aliphatic carbocycles. The van der Waals surface area contributed by atoms with Crippen LogP contribution < -0.4 is 5.32 Å². The molecule has 2 N–H and O–H groups in total. The number of aliphatic hydroxyl groups is 1. The Balaban J connectivity index is 2.03. The maximum Gasteiger partial charge on any atom is 0.254 e. The summed E-state index contributed by atoms with van der Waals surface area (Å²) in [4.78, 5) is 12.1. The molecule has 2 rings (SSSR count). The molecule has 0 bridgehead atoms. The SMILES string of the molecule is CC(C)C(C)(O)CNC(=O)c1cnn(-c2ccccc2)c1. The summed E-state index contributed by atoms with van der Waals surface area (Å²) in [6.45, 7) is 5.75. The lowest BCUT2D eigenvalue weighted by atomic mass is 9.92. The normalized spacial score (nSPS) is 14.0. The van der Waals surface area contributed by atoms with Crippen LogP contribution in [0.4, 0.5) is 0 Å². The first-order valence-electron chi connectivity index (χ1n) is 7.01. The van der Waals surface area contributed by atoms with Gasteiger partial charge in [-0.1, -0.05) is 32.0 Å². The molecule has 1 amide bonds. The van der Waals surface area contributed by atoms with Gasteiger partial charge in [0.05, 0.1) is 23.0 Å². The van der Waals surface area contributed by atoms with Crippen LogP contribution in [0.2, 0.25) is 0 Å². The first kappa shape index (κ1) is 15.3. The van der Waals surface area contributed by atoms with Crippen LogP contribution in [-0.2, 0) is 0 Å². The fraction of sp³-hybridized carbons (Fsp3) is 0.375. The zero-order valence-electron chi connectivity index (χ0n) is 12.6. The van der Waals surface area contributed by atoms with E-state index in [1.165, 1.54) is 6.20 Å². The van der Waals surface area contributed by atoms with Crippen molar-refractivity contribution in [1.82, 2.24) is 15.1 Å². The van der Waals surface area contributed by atoms with E-state index >= 15 is 0 Å². The molecule has 1 aromatic carbocycles. The van der Waals surface area contributed by atoms with Crippen LogP contribution in [0.1, 0.15) is 31.1 Å². The molecule has 5 heteroatoms. The summed E-state index contributed by atoms with van der Waals surface area (Å²) in [5, 5.41) is 17.1. The Morgan fingerprint density at radius 1 is 1.38 bits per heavy atom. The minimum absolute atomic E-state index is 0.0600. The minimum atomic E-state index is -0.926. The summed E-state index contributed by atoms with van der Waals surface area (Å²) >= 11 is 0. The molecule has 1 unspecified atom stereocenters. The zero-order chi connectivity index (χ0) is 15.5. The Hall–Kier alpha value is -2.14. The lowest BCUT2D eigenvalue weighted by Crippen LogP contribution is -2.44. The van der Waals surface area contributed by atoms with Crippen LogP contribution in [0.3, 0.4) is 0 Å². The monoisotopic (exact) mass is 287 g/mol. The van der Waals surface area contributed by atoms with E-state index in [0.29, 0.717) is 5.56 Å². The largest absolute Gasteiger partial charge is 0.388 e. The number of para-hydroxylation sites is 1. The van der Waals surface area contributed by atoms with Crippen molar-refractivity contribution in [2.24, 2.45) is 5.92 Å². The Bertz CT molecular complexity index is 603. The number of nitrogens with zero attached hydrogens (tertiary/aromatic N) is 2. The van der Waals surface area contributed by atoms with E-state index in [9.17, 15) is 9.90 Å². The summed E-state index contributed by atoms with van der Waals surface area (Å²) in [7, 11) is 0. The fourth-order valence-corrected chi connectivity index (χ4v) is 1.73. The van der Waals surface area contributed by atoms with Crippen molar-refractivity contribution in [2.45, 2.75) is 26.4 Å². The van der Waals surface area contributed by atoms with Crippen molar-refractivity contribution in [3.05, 3.63) is 48.3 Å². The predicted molar refractivity (Wildman–Crippen MR) is 81.4 cm³/mol. The number of aromatic nitrogens is 2. The molecule has 0 saturated carbocycles. The van der Waals surface area contributed by atoms with Gasteiger partial charge < -0.3 is 10.4 Å². The Morgan fingerprint density at radius 2 is 2.05 bits per heavy atom. The standard InChI is InChI=1S/C16H21N3O2/c1-12(2)16(3,21)11-17-15(20)13-9-18-19(10-13)14-7-5-4-6-8-14/h4-10,12,21H,11H2,1-3H3,(H,17,20). The molecule has 0 aliphatic rings. The maximum absolute atomic E-state index is 12.1. The quantitative estimate of drug-likeness (QED) is 0.884. The maximum atomic E-state index is 12.1. The number of carbonyl (C=O) groups is 1. The average Bonchev–Trinajstić information content (AvgIpc) is 2.95. The smallest absolute Gasteiger partial charge is 0.254 e. The van der Waals surface area contributed by atoms with Gasteiger partial charge in [-0.05, 0) is 25.0 Å². The van der Waals surface area contributed by atoms with Crippen LogP contribution in [0.25, 0.3) is 5.69 Å². The Kier molecular flexibility index (Phi) is 4.43. The van der Waals surface area contributed by atoms with Gasteiger partial charge in [-0.25, -0.2) is 4.68 Å². The van der Waals surface area contributed by atoms with E-state index in [0.717, 1.165) is 5.69 Å². The zero-order valence-corrected chi connectivity index (χ0v) is 12.6. The molecular formula is C16H21N3O2. The molecule has 0 fully saturated rings. The number of hydrogen-bond donors (Lipinski definition) is 2. The highest BCUT2D eigenvalue weighted by molar-refractivity contribution is 5.93. The van der Waals surface area contributed by atoms with E-state index in [4.69, 9.17) is 0 Å². The first-order valence-corrected chi connectivity index (χ1v) is 7.01. The number of benzene rings is 1. The third-order valence-corrected chi connectivity index (χ3v) is 3.72. The molecular weight excluding hydrogens is 266 g/mol. The van der Waals surface area contributed by atoms with Crippen molar-refractivity contribution >= 4 is 5.91 Å². The number of rotatable bonds is 5. The molecule has 5 nitrogen and oxygen atoms in total. The Morgan fingerprint density at radius 3 is 2.67 bits per heavy atom. The summed E-state index contributed by atoms with van der Waals surface area (Å²) in [5.41, 5.74) is 0.439. The summed E-state index contributed by atoms with van der Waals surface area (Å²) in [6.07, 6.45) is 3.20. The van der Waals surface area contributed by atoms with Crippen molar-refractivity contribution in [3.8, 4) is 5.69 Å². The molecule has 0 aliphatic heterocycles. The third-order valence-electron chi connectivity index (χ3n) is 3.72. The minimum Gasteiger partial charge on any atom is -0.388 e. The van der Waals surface area contributed by atoms with Crippen LogP contribution >= 0.6 is 0 Å². The lowest BCUT2D eigenvalue weighted by Gasteiger charge is -2.27. The van der Waals surface area contributed by atoms with E-state index in [2.05, 4.69) is 10.4 Å². The van der Waals surface area contributed by atoms with Crippen LogP contribution in [-0.4, -0.2) is 32.9 Å².